The van der Waals surface area contributed by atoms with Gasteiger partial charge in [-0.25, -0.2) is 14.5 Å². The van der Waals surface area contributed by atoms with E-state index in [1.165, 1.54) is 17.6 Å². The number of carbonyl (C=O) groups is 2. The molecule has 0 aliphatic carbocycles. The van der Waals surface area contributed by atoms with Gasteiger partial charge >= 0.3 is 6.18 Å². The van der Waals surface area contributed by atoms with E-state index in [1.807, 2.05) is 0 Å². The van der Waals surface area contributed by atoms with Crippen LogP contribution in [0.2, 0.25) is 0 Å². The van der Waals surface area contributed by atoms with Crippen LogP contribution in [-0.4, -0.2) is 31.4 Å². The van der Waals surface area contributed by atoms with Crippen LogP contribution in [0.5, 0.6) is 0 Å². The summed E-state index contributed by atoms with van der Waals surface area (Å²) in [6.07, 6.45) is -1.55. The number of halogens is 4. The van der Waals surface area contributed by atoms with Gasteiger partial charge in [-0.05, 0) is 40.5 Å². The van der Waals surface area contributed by atoms with Gasteiger partial charge in [0.1, 0.15) is 15.4 Å². The molecule has 0 bridgehead atoms. The summed E-state index contributed by atoms with van der Waals surface area (Å²) in [5, 5.41) is 6.88. The summed E-state index contributed by atoms with van der Waals surface area (Å²) in [5.41, 5.74) is 4.82. The monoisotopic (exact) mass is 498 g/mol. The number of thiophene rings is 1. The highest BCUT2D eigenvalue weighted by atomic mass is 79.9. The van der Waals surface area contributed by atoms with Crippen molar-refractivity contribution < 1.29 is 22.8 Å². The van der Waals surface area contributed by atoms with E-state index in [2.05, 4.69) is 36.3 Å². The molecule has 0 radical (unpaired) electrons. The molecule has 8 nitrogen and oxygen atoms in total. The maximum Gasteiger partial charge on any atom is 0.433 e. The largest absolute Gasteiger partial charge is 0.433 e. The minimum Gasteiger partial charge on any atom is -0.365 e. The summed E-state index contributed by atoms with van der Waals surface area (Å²) in [7, 11) is 0. The first-order valence-electron chi connectivity index (χ1n) is 8.19. The van der Waals surface area contributed by atoms with Crippen molar-refractivity contribution in [2.45, 2.75) is 13.1 Å². The van der Waals surface area contributed by atoms with Crippen LogP contribution in [-0.2, 0) is 6.18 Å². The lowest BCUT2D eigenvalue weighted by Crippen LogP contribution is -2.17. The molecule has 154 valence electrons. The van der Waals surface area contributed by atoms with Crippen molar-refractivity contribution >= 4 is 60.6 Å². The van der Waals surface area contributed by atoms with Gasteiger partial charge in [-0.15, -0.1) is 11.3 Å². The first-order valence-corrected chi connectivity index (χ1v) is 9.80. The minimum absolute atomic E-state index is 0.0110. The Labute approximate surface area is 178 Å². The smallest absolute Gasteiger partial charge is 0.365 e. The fraction of sp³-hybridized carbons (Fsp3) is 0.118. The third-order valence-electron chi connectivity index (χ3n) is 4.17. The number of anilines is 1. The molecule has 0 spiro atoms. The number of aryl methyl sites for hydroxylation is 1. The standard InChI is InChI=1S/C17H10BrF3N6O2S/c1-6-5-7(17(19,20)21)24-16-8(6)10(12(30-16)13(22)28)25-15(29)11-9(18)14-23-3-2-4-27(14)26-11/h2-5H,1H3,(H2,22,28)(H,25,29). The Morgan fingerprint density at radius 2 is 2.07 bits per heavy atom. The molecule has 2 amide bonds. The minimum atomic E-state index is -4.66. The van der Waals surface area contributed by atoms with Crippen molar-refractivity contribution in [3.63, 3.8) is 0 Å². The van der Waals surface area contributed by atoms with Crippen molar-refractivity contribution in [2.75, 3.05) is 5.32 Å². The number of aromatic nitrogens is 4. The Bertz CT molecular complexity index is 1350. The fourth-order valence-electron chi connectivity index (χ4n) is 2.90. The molecule has 0 aromatic carbocycles. The molecule has 0 aliphatic heterocycles. The van der Waals surface area contributed by atoms with Gasteiger partial charge in [0.15, 0.2) is 11.3 Å². The van der Waals surface area contributed by atoms with Crippen LogP contribution in [0, 0.1) is 6.92 Å². The lowest BCUT2D eigenvalue weighted by atomic mass is 10.1. The van der Waals surface area contributed by atoms with Crippen LogP contribution in [0.25, 0.3) is 15.9 Å². The first kappa shape index (κ1) is 20.2. The number of alkyl halides is 3. The van der Waals surface area contributed by atoms with E-state index in [-0.39, 0.29) is 32.0 Å². The zero-order valence-corrected chi connectivity index (χ0v) is 17.3. The van der Waals surface area contributed by atoms with Crippen molar-refractivity contribution in [1.82, 2.24) is 19.6 Å². The van der Waals surface area contributed by atoms with Gasteiger partial charge in [0, 0.05) is 17.8 Å². The molecule has 0 fully saturated rings. The normalized spacial score (nSPS) is 11.9. The summed E-state index contributed by atoms with van der Waals surface area (Å²) in [5.74, 6) is -1.61. The van der Waals surface area contributed by atoms with Crippen LogP contribution in [0.15, 0.2) is 29.0 Å². The third-order valence-corrected chi connectivity index (χ3v) is 5.99. The Kier molecular flexibility index (Phi) is 4.73. The van der Waals surface area contributed by atoms with Crippen LogP contribution >= 0.6 is 27.3 Å². The number of amides is 2. The number of primary amides is 1. The van der Waals surface area contributed by atoms with Crippen LogP contribution in [0.4, 0.5) is 18.9 Å². The lowest BCUT2D eigenvalue weighted by molar-refractivity contribution is -0.141. The number of hydrogen-bond acceptors (Lipinski definition) is 6. The van der Waals surface area contributed by atoms with Crippen molar-refractivity contribution in [3.05, 3.63) is 50.8 Å². The van der Waals surface area contributed by atoms with Gasteiger partial charge < -0.3 is 11.1 Å². The highest BCUT2D eigenvalue weighted by molar-refractivity contribution is 9.10. The van der Waals surface area contributed by atoms with E-state index in [0.717, 1.165) is 6.07 Å². The molecule has 0 saturated carbocycles. The molecule has 4 aromatic rings. The van der Waals surface area contributed by atoms with Gasteiger partial charge in [-0.1, -0.05) is 0 Å². The average Bonchev–Trinajstić information content (AvgIpc) is 3.20. The van der Waals surface area contributed by atoms with Gasteiger partial charge in [0.2, 0.25) is 0 Å². The number of rotatable bonds is 3. The van der Waals surface area contributed by atoms with Gasteiger partial charge in [0.25, 0.3) is 11.8 Å². The molecule has 13 heteroatoms. The summed E-state index contributed by atoms with van der Waals surface area (Å²) in [4.78, 5) is 32.3. The second-order valence-electron chi connectivity index (χ2n) is 6.18. The van der Waals surface area contributed by atoms with Gasteiger partial charge in [0.05, 0.1) is 10.2 Å². The first-order chi connectivity index (χ1) is 14.1. The topological polar surface area (TPSA) is 115 Å². The highest BCUT2D eigenvalue weighted by Gasteiger charge is 2.34. The average molecular weight is 499 g/mol. The zero-order valence-electron chi connectivity index (χ0n) is 14.9. The Balaban J connectivity index is 1.85. The molecular weight excluding hydrogens is 489 g/mol. The zero-order chi connectivity index (χ0) is 21.8. The summed E-state index contributed by atoms with van der Waals surface area (Å²) in [6.45, 7) is 1.43. The Morgan fingerprint density at radius 3 is 2.70 bits per heavy atom. The molecule has 3 N–H and O–H groups in total. The van der Waals surface area contributed by atoms with E-state index >= 15 is 0 Å². The van der Waals surface area contributed by atoms with Gasteiger partial charge in [-0.3, -0.25) is 9.59 Å². The molecule has 0 atom stereocenters. The van der Waals surface area contributed by atoms with E-state index in [0.29, 0.717) is 21.5 Å². The fourth-order valence-corrected chi connectivity index (χ4v) is 4.50. The number of fused-ring (bicyclic) bond motifs is 2. The molecule has 0 saturated heterocycles. The number of pyridine rings is 1. The predicted octanol–water partition coefficient (Wildman–Crippen LogP) is 3.78. The van der Waals surface area contributed by atoms with E-state index in [9.17, 15) is 22.8 Å². The van der Waals surface area contributed by atoms with Crippen LogP contribution in [0.3, 0.4) is 0 Å². The molecule has 0 aliphatic rings. The van der Waals surface area contributed by atoms with Gasteiger partial charge in [-0.2, -0.15) is 18.3 Å². The van der Waals surface area contributed by atoms with Crippen molar-refractivity contribution in [3.8, 4) is 0 Å². The Morgan fingerprint density at radius 1 is 1.33 bits per heavy atom. The molecule has 0 unspecified atom stereocenters. The number of carbonyl (C=O) groups excluding carboxylic acids is 2. The Hall–Kier alpha value is -3.06. The SMILES string of the molecule is Cc1cc(C(F)(F)F)nc2sc(C(N)=O)c(NC(=O)c3nn4cccnc4c3Br)c12. The number of nitrogens with one attached hydrogen (secondary N) is 1. The summed E-state index contributed by atoms with van der Waals surface area (Å²) in [6, 6.07) is 2.47. The predicted molar refractivity (Wildman–Crippen MR) is 107 cm³/mol. The summed E-state index contributed by atoms with van der Waals surface area (Å²) < 4.78 is 41.0. The second-order valence-corrected chi connectivity index (χ2v) is 7.97. The van der Waals surface area contributed by atoms with Crippen molar-refractivity contribution in [2.24, 2.45) is 5.73 Å². The van der Waals surface area contributed by atoms with E-state index < -0.39 is 23.7 Å². The lowest BCUT2D eigenvalue weighted by Gasteiger charge is -2.09. The number of nitrogens with zero attached hydrogens (tertiary/aromatic N) is 4. The third kappa shape index (κ3) is 3.29. The number of nitrogens with two attached hydrogens (primary N) is 1. The molecule has 30 heavy (non-hydrogen) atoms. The molecule has 4 rings (SSSR count). The van der Waals surface area contributed by atoms with E-state index in [4.69, 9.17) is 5.73 Å². The quantitative estimate of drug-likeness (QED) is 0.445. The molecular formula is C17H10BrF3N6O2S. The maximum absolute atomic E-state index is 13.1. The maximum atomic E-state index is 13.1. The van der Waals surface area contributed by atoms with E-state index in [1.54, 1.807) is 12.3 Å². The second kappa shape index (κ2) is 7.02. The molecule has 4 heterocycles. The highest BCUT2D eigenvalue weighted by Crippen LogP contribution is 2.40. The van der Waals surface area contributed by atoms with Crippen LogP contribution < -0.4 is 11.1 Å². The molecule has 4 aromatic heterocycles. The van der Waals surface area contributed by atoms with Crippen molar-refractivity contribution in [1.29, 1.82) is 0 Å². The number of hydrogen-bond donors (Lipinski definition) is 2. The summed E-state index contributed by atoms with van der Waals surface area (Å²) >= 11 is 3.94. The van der Waals surface area contributed by atoms with Crippen LogP contribution in [0.1, 0.15) is 31.4 Å².